The van der Waals surface area contributed by atoms with E-state index in [1.165, 1.54) is 19.2 Å². The van der Waals surface area contributed by atoms with Crippen molar-refractivity contribution < 1.29 is 13.9 Å². The molecule has 4 nitrogen and oxygen atoms in total. The van der Waals surface area contributed by atoms with Crippen LogP contribution in [0.3, 0.4) is 0 Å². The van der Waals surface area contributed by atoms with Crippen molar-refractivity contribution in [3.63, 3.8) is 0 Å². The molecule has 0 fully saturated rings. The average molecular weight is 362 g/mol. The van der Waals surface area contributed by atoms with Gasteiger partial charge in [-0.05, 0) is 34.1 Å². The van der Waals surface area contributed by atoms with Crippen molar-refractivity contribution in [2.75, 3.05) is 14.2 Å². The highest BCUT2D eigenvalue weighted by molar-refractivity contribution is 9.10. The molecule has 0 aliphatic rings. The third kappa shape index (κ3) is 3.08. The van der Waals surface area contributed by atoms with Crippen LogP contribution in [-0.4, -0.2) is 24.2 Å². The van der Waals surface area contributed by atoms with E-state index in [1.807, 2.05) is 0 Å². The van der Waals surface area contributed by atoms with Gasteiger partial charge in [0, 0.05) is 12.7 Å². The minimum absolute atomic E-state index is 0.124. The summed E-state index contributed by atoms with van der Waals surface area (Å²) in [5, 5.41) is 0.269. The van der Waals surface area contributed by atoms with Gasteiger partial charge in [-0.15, -0.1) is 0 Å². The third-order valence-corrected chi connectivity index (χ3v) is 3.90. The molecule has 0 spiro atoms. The Balaban J connectivity index is 2.52. The maximum Gasteiger partial charge on any atom is 0.165 e. The summed E-state index contributed by atoms with van der Waals surface area (Å²) in [6.07, 6.45) is 0. The second-order valence-electron chi connectivity index (χ2n) is 3.88. The molecule has 0 aliphatic carbocycles. The average Bonchev–Trinajstić information content (AvgIpc) is 2.44. The molecule has 0 saturated heterocycles. The molecular weight excluding hydrogens is 351 g/mol. The quantitative estimate of drug-likeness (QED) is 0.776. The Morgan fingerprint density at radius 1 is 1.30 bits per heavy atom. The Labute approximate surface area is 129 Å². The molecule has 7 heteroatoms. The fourth-order valence-electron chi connectivity index (χ4n) is 1.62. The van der Waals surface area contributed by atoms with Gasteiger partial charge in [-0.2, -0.15) is 0 Å². The Morgan fingerprint density at radius 3 is 2.70 bits per heavy atom. The molecule has 1 aromatic carbocycles. The van der Waals surface area contributed by atoms with E-state index in [0.717, 1.165) is 0 Å². The second-order valence-corrected chi connectivity index (χ2v) is 5.03. The lowest BCUT2D eigenvalue weighted by molar-refractivity contribution is 0.181. The zero-order valence-electron chi connectivity index (χ0n) is 10.8. The molecule has 0 atom stereocenters. The number of halogens is 3. The molecule has 0 amide bonds. The van der Waals surface area contributed by atoms with Crippen LogP contribution in [0.15, 0.2) is 22.7 Å². The lowest BCUT2D eigenvalue weighted by Crippen LogP contribution is -2.00. The summed E-state index contributed by atoms with van der Waals surface area (Å²) in [4.78, 5) is 8.52. The Kier molecular flexibility index (Phi) is 4.91. The van der Waals surface area contributed by atoms with Crippen molar-refractivity contribution >= 4 is 27.5 Å². The van der Waals surface area contributed by atoms with E-state index in [1.54, 1.807) is 13.2 Å². The smallest absolute Gasteiger partial charge is 0.165 e. The summed E-state index contributed by atoms with van der Waals surface area (Å²) >= 11 is 9.36. The van der Waals surface area contributed by atoms with Crippen molar-refractivity contribution in [2.24, 2.45) is 0 Å². The molecule has 2 aromatic rings. The SMILES string of the molecule is COCc1nc(-c2ccc(F)c(OC)c2)nc(Cl)c1Br. The maximum absolute atomic E-state index is 13.4. The minimum Gasteiger partial charge on any atom is -0.494 e. The first-order valence-electron chi connectivity index (χ1n) is 5.61. The van der Waals surface area contributed by atoms with Gasteiger partial charge in [-0.25, -0.2) is 14.4 Å². The summed E-state index contributed by atoms with van der Waals surface area (Å²) < 4.78 is 24.0. The Bertz CT molecular complexity index is 640. The van der Waals surface area contributed by atoms with E-state index < -0.39 is 5.82 Å². The van der Waals surface area contributed by atoms with Crippen LogP contribution in [0.25, 0.3) is 11.4 Å². The van der Waals surface area contributed by atoms with Crippen molar-refractivity contribution in [3.05, 3.63) is 39.3 Å². The summed E-state index contributed by atoms with van der Waals surface area (Å²) in [6, 6.07) is 4.38. The molecular formula is C13H11BrClFN2O2. The van der Waals surface area contributed by atoms with Crippen molar-refractivity contribution in [3.8, 4) is 17.1 Å². The fourth-order valence-corrected chi connectivity index (χ4v) is 2.10. The molecule has 0 saturated carbocycles. The summed E-state index contributed by atoms with van der Waals surface area (Å²) in [7, 11) is 2.96. The molecule has 1 heterocycles. The molecule has 0 bridgehead atoms. The lowest BCUT2D eigenvalue weighted by atomic mass is 10.2. The van der Waals surface area contributed by atoms with Crippen molar-refractivity contribution in [1.82, 2.24) is 9.97 Å². The number of ether oxygens (including phenoxy) is 2. The minimum atomic E-state index is -0.448. The number of nitrogens with zero attached hydrogens (tertiary/aromatic N) is 2. The first-order chi connectivity index (χ1) is 9.56. The van der Waals surface area contributed by atoms with Gasteiger partial charge in [0.25, 0.3) is 0 Å². The van der Waals surface area contributed by atoms with Gasteiger partial charge in [0.2, 0.25) is 0 Å². The largest absolute Gasteiger partial charge is 0.494 e. The summed E-state index contributed by atoms with van der Waals surface area (Å²) in [5.74, 6) is 0.0542. The predicted molar refractivity (Wildman–Crippen MR) is 77.4 cm³/mol. The third-order valence-electron chi connectivity index (χ3n) is 2.57. The first kappa shape index (κ1) is 15.2. The number of benzene rings is 1. The molecule has 1 aromatic heterocycles. The predicted octanol–water partition coefficient (Wildman–Crippen LogP) is 3.85. The molecule has 106 valence electrons. The highest BCUT2D eigenvalue weighted by Gasteiger charge is 2.13. The second kappa shape index (κ2) is 6.47. The van der Waals surface area contributed by atoms with Crippen LogP contribution in [0.2, 0.25) is 5.15 Å². The maximum atomic E-state index is 13.4. The zero-order chi connectivity index (χ0) is 14.7. The van der Waals surface area contributed by atoms with Crippen LogP contribution in [0.5, 0.6) is 5.75 Å². The van der Waals surface area contributed by atoms with Gasteiger partial charge in [0.05, 0.1) is 23.9 Å². The van der Waals surface area contributed by atoms with Gasteiger partial charge < -0.3 is 9.47 Å². The van der Waals surface area contributed by atoms with Gasteiger partial charge >= 0.3 is 0 Å². The van der Waals surface area contributed by atoms with E-state index in [2.05, 4.69) is 25.9 Å². The van der Waals surface area contributed by atoms with Crippen LogP contribution in [0.4, 0.5) is 4.39 Å². The number of hydrogen-bond acceptors (Lipinski definition) is 4. The van der Waals surface area contributed by atoms with Crippen LogP contribution in [-0.2, 0) is 11.3 Å². The number of hydrogen-bond donors (Lipinski definition) is 0. The molecule has 0 N–H and O–H groups in total. The fraction of sp³-hybridized carbons (Fsp3) is 0.231. The van der Waals surface area contributed by atoms with E-state index >= 15 is 0 Å². The van der Waals surface area contributed by atoms with E-state index in [0.29, 0.717) is 21.6 Å². The van der Waals surface area contributed by atoms with Gasteiger partial charge in [-0.1, -0.05) is 11.6 Å². The number of aromatic nitrogens is 2. The molecule has 20 heavy (non-hydrogen) atoms. The van der Waals surface area contributed by atoms with Crippen LogP contribution < -0.4 is 4.74 Å². The van der Waals surface area contributed by atoms with Crippen molar-refractivity contribution in [2.45, 2.75) is 6.61 Å². The molecule has 0 unspecified atom stereocenters. The highest BCUT2D eigenvalue weighted by Crippen LogP contribution is 2.29. The number of rotatable bonds is 4. The molecule has 0 radical (unpaired) electrons. The van der Waals surface area contributed by atoms with E-state index in [-0.39, 0.29) is 17.5 Å². The highest BCUT2D eigenvalue weighted by atomic mass is 79.9. The topological polar surface area (TPSA) is 44.2 Å². The zero-order valence-corrected chi connectivity index (χ0v) is 13.1. The van der Waals surface area contributed by atoms with Crippen LogP contribution >= 0.6 is 27.5 Å². The normalized spacial score (nSPS) is 10.7. The van der Waals surface area contributed by atoms with Gasteiger partial charge in [0.1, 0.15) is 5.15 Å². The van der Waals surface area contributed by atoms with Crippen molar-refractivity contribution in [1.29, 1.82) is 0 Å². The monoisotopic (exact) mass is 360 g/mol. The number of methoxy groups -OCH3 is 2. The molecule has 2 rings (SSSR count). The van der Waals surface area contributed by atoms with Gasteiger partial charge in [0.15, 0.2) is 17.4 Å². The first-order valence-corrected chi connectivity index (χ1v) is 6.78. The Hall–Kier alpha value is -1.24. The van der Waals surface area contributed by atoms with Crippen LogP contribution in [0, 0.1) is 5.82 Å². The standard InChI is InChI=1S/C13H11BrClFN2O2/c1-19-6-9-11(14)12(15)18-13(17-9)7-3-4-8(16)10(5-7)20-2/h3-5H,6H2,1-2H3. The van der Waals surface area contributed by atoms with E-state index in [4.69, 9.17) is 21.1 Å². The summed E-state index contributed by atoms with van der Waals surface area (Å²) in [6.45, 7) is 0.286. The van der Waals surface area contributed by atoms with Gasteiger partial charge in [-0.3, -0.25) is 0 Å². The van der Waals surface area contributed by atoms with E-state index in [9.17, 15) is 4.39 Å². The Morgan fingerprint density at radius 2 is 2.05 bits per heavy atom. The molecule has 0 aliphatic heterocycles. The lowest BCUT2D eigenvalue weighted by Gasteiger charge is -2.09. The summed E-state index contributed by atoms with van der Waals surface area (Å²) in [5.41, 5.74) is 1.22. The van der Waals surface area contributed by atoms with Crippen LogP contribution in [0.1, 0.15) is 5.69 Å².